The maximum Gasteiger partial charge on any atom is 0.230 e. The predicted octanol–water partition coefficient (Wildman–Crippen LogP) is 3.08. The first-order valence-electron chi connectivity index (χ1n) is 10.9. The summed E-state index contributed by atoms with van der Waals surface area (Å²) in [6, 6.07) is 8.74. The molecule has 2 atom stereocenters. The third-order valence-corrected chi connectivity index (χ3v) is 5.85. The monoisotopic (exact) mass is 461 g/mol. The number of carbonyl (C=O) groups is 1. The molecule has 0 unspecified atom stereocenters. The lowest BCUT2D eigenvalue weighted by Gasteiger charge is -2.22. The summed E-state index contributed by atoms with van der Waals surface area (Å²) < 4.78 is 19.3. The molecule has 34 heavy (non-hydrogen) atoms. The van der Waals surface area contributed by atoms with E-state index in [1.807, 2.05) is 25.1 Å². The molecule has 1 aliphatic heterocycles. The second-order valence-corrected chi connectivity index (χ2v) is 8.09. The molecule has 9 nitrogen and oxygen atoms in total. The first-order chi connectivity index (χ1) is 16.4. The van der Waals surface area contributed by atoms with E-state index in [2.05, 4.69) is 25.3 Å². The highest BCUT2D eigenvalue weighted by Crippen LogP contribution is 2.27. The van der Waals surface area contributed by atoms with Crippen LogP contribution in [0, 0.1) is 24.1 Å². The molecule has 0 saturated carbocycles. The topological polar surface area (TPSA) is 117 Å². The fourth-order valence-electron chi connectivity index (χ4n) is 4.00. The molecular weight excluding hydrogens is 437 g/mol. The van der Waals surface area contributed by atoms with Crippen molar-refractivity contribution < 1.29 is 13.9 Å². The molecule has 1 saturated heterocycles. The van der Waals surface area contributed by atoms with Crippen molar-refractivity contribution in [2.24, 2.45) is 0 Å². The Morgan fingerprint density at radius 3 is 2.88 bits per heavy atom. The van der Waals surface area contributed by atoms with Gasteiger partial charge in [0.25, 0.3) is 0 Å². The van der Waals surface area contributed by atoms with Gasteiger partial charge in [-0.05, 0) is 38.5 Å². The van der Waals surface area contributed by atoms with Crippen molar-refractivity contribution in [3.05, 3.63) is 59.4 Å². The number of nitrogens with one attached hydrogen (secondary N) is 1. The van der Waals surface area contributed by atoms with Crippen molar-refractivity contribution in [3.63, 3.8) is 0 Å². The number of pyridine rings is 2. The summed E-state index contributed by atoms with van der Waals surface area (Å²) in [5.41, 5.74) is 2.03. The fourth-order valence-corrected chi connectivity index (χ4v) is 4.00. The number of aryl methyl sites for hydroxylation is 1. The van der Waals surface area contributed by atoms with Crippen molar-refractivity contribution in [1.29, 1.82) is 5.26 Å². The first-order valence-corrected chi connectivity index (χ1v) is 10.9. The van der Waals surface area contributed by atoms with E-state index in [0.717, 1.165) is 23.9 Å². The Morgan fingerprint density at radius 2 is 2.15 bits per heavy atom. The van der Waals surface area contributed by atoms with Crippen LogP contribution in [0.2, 0.25) is 0 Å². The van der Waals surface area contributed by atoms with E-state index in [0.29, 0.717) is 30.4 Å². The molecule has 0 aliphatic carbocycles. The fraction of sp³-hybridized carbons (Fsp3) is 0.333. The van der Waals surface area contributed by atoms with Gasteiger partial charge in [0.15, 0.2) is 5.82 Å². The molecule has 0 bridgehead atoms. The van der Waals surface area contributed by atoms with Crippen molar-refractivity contribution in [1.82, 2.24) is 24.8 Å². The lowest BCUT2D eigenvalue weighted by atomic mass is 10.0. The Bertz CT molecular complexity index is 1260. The molecule has 0 spiro atoms. The van der Waals surface area contributed by atoms with E-state index in [4.69, 9.17) is 10.00 Å². The van der Waals surface area contributed by atoms with Gasteiger partial charge < -0.3 is 15.0 Å². The third-order valence-electron chi connectivity index (χ3n) is 5.85. The second kappa shape index (κ2) is 9.79. The normalized spacial score (nSPS) is 16.1. The quantitative estimate of drug-likeness (QED) is 0.595. The van der Waals surface area contributed by atoms with Crippen LogP contribution in [0.5, 0.6) is 5.88 Å². The summed E-state index contributed by atoms with van der Waals surface area (Å²) >= 11 is 0. The molecule has 1 amide bonds. The highest BCUT2D eigenvalue weighted by Gasteiger charge is 2.31. The van der Waals surface area contributed by atoms with Crippen LogP contribution in [0.4, 0.5) is 10.2 Å². The summed E-state index contributed by atoms with van der Waals surface area (Å²) in [6.07, 6.45) is 3.37. The van der Waals surface area contributed by atoms with Gasteiger partial charge in [0.05, 0.1) is 24.9 Å². The van der Waals surface area contributed by atoms with Crippen LogP contribution in [-0.4, -0.2) is 57.0 Å². The van der Waals surface area contributed by atoms with Gasteiger partial charge in [0, 0.05) is 42.5 Å². The number of aromatic nitrogens is 4. The number of methoxy groups -OCH3 is 1. The van der Waals surface area contributed by atoms with E-state index < -0.39 is 11.7 Å². The standard InChI is InChI=1S/C24H24FN7O2/c1-14(19-10-22(34-3)28-12-20(19)25)24(33)32-9-7-17(13-32)30-21-5-4-18(15(2)29-21)23-27-8-6-16(11-26)31-23/h4-6,8,10,12,14,17H,7,9,13H2,1-3H3,(H,29,30)/t14-,17+/m1/s1. The molecule has 174 valence electrons. The number of nitriles is 1. The largest absolute Gasteiger partial charge is 0.481 e. The zero-order chi connectivity index (χ0) is 24.2. The summed E-state index contributed by atoms with van der Waals surface area (Å²) in [5.74, 6) is 0.0633. The number of hydrogen-bond donors (Lipinski definition) is 1. The predicted molar refractivity (Wildman–Crippen MR) is 122 cm³/mol. The van der Waals surface area contributed by atoms with Crippen LogP contribution in [0.3, 0.4) is 0 Å². The maximum absolute atomic E-state index is 14.3. The lowest BCUT2D eigenvalue weighted by molar-refractivity contribution is -0.131. The molecule has 3 aromatic rings. The van der Waals surface area contributed by atoms with Crippen molar-refractivity contribution in [3.8, 4) is 23.3 Å². The smallest absolute Gasteiger partial charge is 0.230 e. The minimum Gasteiger partial charge on any atom is -0.481 e. The number of anilines is 1. The highest BCUT2D eigenvalue weighted by molar-refractivity contribution is 5.83. The molecule has 3 aromatic heterocycles. The number of amides is 1. The van der Waals surface area contributed by atoms with Crippen molar-refractivity contribution >= 4 is 11.7 Å². The molecule has 10 heteroatoms. The third kappa shape index (κ3) is 4.78. The zero-order valence-corrected chi connectivity index (χ0v) is 19.1. The van der Waals surface area contributed by atoms with E-state index in [1.165, 1.54) is 13.2 Å². The number of likely N-dealkylation sites (tertiary alicyclic amines) is 1. The van der Waals surface area contributed by atoms with Crippen LogP contribution in [-0.2, 0) is 4.79 Å². The van der Waals surface area contributed by atoms with E-state index in [9.17, 15) is 9.18 Å². The summed E-state index contributed by atoms with van der Waals surface area (Å²) in [4.78, 5) is 31.7. The summed E-state index contributed by atoms with van der Waals surface area (Å²) in [6.45, 7) is 4.60. The molecule has 4 rings (SSSR count). The van der Waals surface area contributed by atoms with Gasteiger partial charge in [-0.3, -0.25) is 4.79 Å². The Balaban J connectivity index is 1.42. The molecule has 4 heterocycles. The van der Waals surface area contributed by atoms with Gasteiger partial charge in [-0.15, -0.1) is 0 Å². The number of ether oxygens (including phenoxy) is 1. The van der Waals surface area contributed by atoms with Gasteiger partial charge >= 0.3 is 0 Å². The van der Waals surface area contributed by atoms with Gasteiger partial charge in [-0.2, -0.15) is 5.26 Å². The van der Waals surface area contributed by atoms with E-state index >= 15 is 0 Å². The summed E-state index contributed by atoms with van der Waals surface area (Å²) in [7, 11) is 1.45. The average molecular weight is 462 g/mol. The SMILES string of the molecule is COc1cc([C@@H](C)C(=O)N2CC[C@H](Nc3ccc(-c4nccc(C#N)n4)c(C)n3)C2)c(F)cn1. The van der Waals surface area contributed by atoms with Crippen molar-refractivity contribution in [2.75, 3.05) is 25.5 Å². The molecule has 1 aliphatic rings. The number of carbonyl (C=O) groups excluding carboxylic acids is 1. The molecule has 1 N–H and O–H groups in total. The Labute approximate surface area is 196 Å². The number of halogens is 1. The van der Waals surface area contributed by atoms with Crippen molar-refractivity contribution in [2.45, 2.75) is 32.2 Å². The van der Waals surface area contributed by atoms with Crippen LogP contribution in [0.25, 0.3) is 11.4 Å². The minimum atomic E-state index is -0.653. The lowest BCUT2D eigenvalue weighted by Crippen LogP contribution is -2.34. The average Bonchev–Trinajstić information content (AvgIpc) is 3.32. The Morgan fingerprint density at radius 1 is 1.32 bits per heavy atom. The zero-order valence-electron chi connectivity index (χ0n) is 19.1. The highest BCUT2D eigenvalue weighted by atomic mass is 19.1. The van der Waals surface area contributed by atoms with E-state index in [1.54, 1.807) is 24.1 Å². The maximum atomic E-state index is 14.3. The number of nitrogens with zero attached hydrogens (tertiary/aromatic N) is 6. The number of hydrogen-bond acceptors (Lipinski definition) is 8. The first kappa shape index (κ1) is 23.0. The molecule has 0 aromatic carbocycles. The Hall–Kier alpha value is -4.13. The number of rotatable bonds is 6. The van der Waals surface area contributed by atoms with Crippen LogP contribution >= 0.6 is 0 Å². The van der Waals surface area contributed by atoms with Crippen LogP contribution < -0.4 is 10.1 Å². The molecule has 1 fully saturated rings. The molecular formula is C24H24FN7O2. The van der Waals surface area contributed by atoms with Crippen LogP contribution in [0.15, 0.2) is 36.7 Å². The minimum absolute atomic E-state index is 0.0175. The molecule has 0 radical (unpaired) electrons. The second-order valence-electron chi connectivity index (χ2n) is 8.09. The van der Waals surface area contributed by atoms with Gasteiger partial charge in [0.2, 0.25) is 11.8 Å². The van der Waals surface area contributed by atoms with Gasteiger partial charge in [-0.1, -0.05) is 0 Å². The van der Waals surface area contributed by atoms with E-state index in [-0.39, 0.29) is 23.4 Å². The van der Waals surface area contributed by atoms with Gasteiger partial charge in [0.1, 0.15) is 23.4 Å². The van der Waals surface area contributed by atoms with Crippen LogP contribution in [0.1, 0.15) is 36.2 Å². The van der Waals surface area contributed by atoms with Gasteiger partial charge in [-0.25, -0.2) is 24.3 Å². The Kier molecular flexibility index (Phi) is 6.63. The summed E-state index contributed by atoms with van der Waals surface area (Å²) in [5, 5.41) is 12.4.